The summed E-state index contributed by atoms with van der Waals surface area (Å²) in [5, 5.41) is 8.38. The highest BCUT2D eigenvalue weighted by Crippen LogP contribution is 2.39. The van der Waals surface area contributed by atoms with E-state index in [9.17, 15) is 0 Å². The molecule has 0 spiro atoms. The van der Waals surface area contributed by atoms with Crippen molar-refractivity contribution < 1.29 is 0 Å². The highest BCUT2D eigenvalue weighted by atomic mass is 35.5. The van der Waals surface area contributed by atoms with E-state index in [0.717, 1.165) is 11.2 Å². The van der Waals surface area contributed by atoms with Crippen molar-refractivity contribution in [3.63, 3.8) is 0 Å². The molecular weight excluding hydrogens is 188 g/mol. The monoisotopic (exact) mass is 194 g/mol. The SMILES string of the molecule is Clc1nc2ccnnc2n1C1CC1. The minimum Gasteiger partial charge on any atom is -0.295 e. The molecular formula is C8H7ClN4. The van der Waals surface area contributed by atoms with Crippen LogP contribution in [-0.2, 0) is 0 Å². The molecule has 0 unspecified atom stereocenters. The fourth-order valence-corrected chi connectivity index (χ4v) is 1.78. The topological polar surface area (TPSA) is 43.6 Å². The van der Waals surface area contributed by atoms with Crippen molar-refractivity contribution in [1.82, 2.24) is 19.7 Å². The van der Waals surface area contributed by atoms with Crippen LogP contribution in [0.3, 0.4) is 0 Å². The molecule has 13 heavy (non-hydrogen) atoms. The lowest BCUT2D eigenvalue weighted by molar-refractivity contribution is 0.752. The third-order valence-corrected chi connectivity index (χ3v) is 2.50. The summed E-state index contributed by atoms with van der Waals surface area (Å²) in [6.45, 7) is 0. The van der Waals surface area contributed by atoms with Crippen LogP contribution in [0.15, 0.2) is 12.3 Å². The van der Waals surface area contributed by atoms with Gasteiger partial charge < -0.3 is 0 Å². The largest absolute Gasteiger partial charge is 0.295 e. The van der Waals surface area contributed by atoms with Gasteiger partial charge in [0.1, 0.15) is 5.52 Å². The number of nitrogens with zero attached hydrogens (tertiary/aromatic N) is 4. The fraction of sp³-hybridized carbons (Fsp3) is 0.375. The molecule has 0 aromatic carbocycles. The summed E-state index contributed by atoms with van der Waals surface area (Å²) < 4.78 is 1.96. The first kappa shape index (κ1) is 7.26. The van der Waals surface area contributed by atoms with Gasteiger partial charge in [-0.25, -0.2) is 4.98 Å². The second kappa shape index (κ2) is 2.42. The minimum atomic E-state index is 0.495. The standard InChI is InChI=1S/C8H7ClN4/c9-8-11-6-3-4-10-12-7(6)13(8)5-1-2-5/h3-5H,1-2H2. The molecule has 1 saturated carbocycles. The first-order chi connectivity index (χ1) is 6.36. The van der Waals surface area contributed by atoms with Crippen molar-refractivity contribution in [3.8, 4) is 0 Å². The zero-order chi connectivity index (χ0) is 8.84. The van der Waals surface area contributed by atoms with Crippen molar-refractivity contribution >= 4 is 22.8 Å². The number of hydrogen-bond donors (Lipinski definition) is 0. The Labute approximate surface area is 79.6 Å². The summed E-state index contributed by atoms with van der Waals surface area (Å²) in [5.41, 5.74) is 1.63. The number of fused-ring (bicyclic) bond motifs is 1. The summed E-state index contributed by atoms with van der Waals surface area (Å²) in [4.78, 5) is 4.20. The van der Waals surface area contributed by atoms with E-state index >= 15 is 0 Å². The van der Waals surface area contributed by atoms with E-state index in [1.807, 2.05) is 10.6 Å². The Morgan fingerprint density at radius 1 is 1.46 bits per heavy atom. The molecule has 0 amide bonds. The molecule has 0 aliphatic heterocycles. The molecule has 2 aromatic heterocycles. The minimum absolute atomic E-state index is 0.495. The number of rotatable bonds is 1. The Balaban J connectivity index is 2.35. The van der Waals surface area contributed by atoms with Gasteiger partial charge in [-0.2, -0.15) is 5.10 Å². The summed E-state index contributed by atoms with van der Waals surface area (Å²) in [7, 11) is 0. The van der Waals surface area contributed by atoms with Crippen LogP contribution in [0.5, 0.6) is 0 Å². The van der Waals surface area contributed by atoms with Crippen molar-refractivity contribution in [3.05, 3.63) is 17.5 Å². The normalized spacial score (nSPS) is 16.7. The number of halogens is 1. The van der Waals surface area contributed by atoms with Gasteiger partial charge in [0.2, 0.25) is 5.28 Å². The third-order valence-electron chi connectivity index (χ3n) is 2.23. The van der Waals surface area contributed by atoms with Gasteiger partial charge in [0.25, 0.3) is 0 Å². The van der Waals surface area contributed by atoms with Crippen LogP contribution in [0.25, 0.3) is 11.2 Å². The average molecular weight is 195 g/mol. The van der Waals surface area contributed by atoms with Crippen molar-refractivity contribution in [2.45, 2.75) is 18.9 Å². The molecule has 4 nitrogen and oxygen atoms in total. The Morgan fingerprint density at radius 2 is 2.31 bits per heavy atom. The van der Waals surface area contributed by atoms with Crippen LogP contribution in [0.4, 0.5) is 0 Å². The maximum atomic E-state index is 5.99. The van der Waals surface area contributed by atoms with Crippen molar-refractivity contribution in [1.29, 1.82) is 0 Å². The van der Waals surface area contributed by atoms with E-state index in [1.54, 1.807) is 6.20 Å². The van der Waals surface area contributed by atoms with E-state index in [0.29, 0.717) is 11.3 Å². The molecule has 1 aliphatic rings. The summed E-state index contributed by atoms with van der Waals surface area (Å²) in [5.74, 6) is 0. The molecule has 0 atom stereocenters. The van der Waals surface area contributed by atoms with Gasteiger partial charge in [-0.15, -0.1) is 5.10 Å². The Morgan fingerprint density at radius 3 is 3.08 bits per heavy atom. The van der Waals surface area contributed by atoms with E-state index in [4.69, 9.17) is 11.6 Å². The first-order valence-electron chi connectivity index (χ1n) is 4.21. The summed E-state index contributed by atoms with van der Waals surface area (Å²) in [6, 6.07) is 2.32. The molecule has 2 aromatic rings. The Kier molecular flexibility index (Phi) is 1.35. The van der Waals surface area contributed by atoms with Gasteiger partial charge in [-0.3, -0.25) is 4.57 Å². The highest BCUT2D eigenvalue weighted by Gasteiger charge is 2.28. The highest BCUT2D eigenvalue weighted by molar-refractivity contribution is 6.29. The molecule has 2 heterocycles. The number of hydrogen-bond acceptors (Lipinski definition) is 3. The van der Waals surface area contributed by atoms with Gasteiger partial charge in [-0.05, 0) is 30.5 Å². The molecule has 1 aliphatic carbocycles. The molecule has 66 valence electrons. The molecule has 1 fully saturated rings. The average Bonchev–Trinajstić information content (AvgIpc) is 2.88. The van der Waals surface area contributed by atoms with Gasteiger partial charge >= 0.3 is 0 Å². The quantitative estimate of drug-likeness (QED) is 0.696. The van der Waals surface area contributed by atoms with Crippen LogP contribution in [0.1, 0.15) is 18.9 Å². The number of aromatic nitrogens is 4. The van der Waals surface area contributed by atoms with Crippen molar-refractivity contribution in [2.24, 2.45) is 0 Å². The molecule has 0 radical (unpaired) electrons. The molecule has 3 rings (SSSR count). The lowest BCUT2D eigenvalue weighted by Crippen LogP contribution is -1.95. The summed E-state index contributed by atoms with van der Waals surface area (Å²) >= 11 is 5.99. The van der Waals surface area contributed by atoms with Gasteiger partial charge in [-0.1, -0.05) is 0 Å². The van der Waals surface area contributed by atoms with E-state index in [1.165, 1.54) is 12.8 Å². The second-order valence-corrected chi connectivity index (χ2v) is 3.56. The zero-order valence-electron chi connectivity index (χ0n) is 6.81. The van der Waals surface area contributed by atoms with E-state index in [-0.39, 0.29) is 0 Å². The van der Waals surface area contributed by atoms with E-state index < -0.39 is 0 Å². The van der Waals surface area contributed by atoms with Crippen LogP contribution < -0.4 is 0 Å². The van der Waals surface area contributed by atoms with Crippen LogP contribution in [0, 0.1) is 0 Å². The fourth-order valence-electron chi connectivity index (χ4n) is 1.47. The smallest absolute Gasteiger partial charge is 0.205 e. The van der Waals surface area contributed by atoms with Gasteiger partial charge in [0.05, 0.1) is 6.20 Å². The molecule has 5 heteroatoms. The van der Waals surface area contributed by atoms with Gasteiger partial charge in [0, 0.05) is 6.04 Å². The third kappa shape index (κ3) is 1.02. The van der Waals surface area contributed by atoms with E-state index in [2.05, 4.69) is 15.2 Å². The van der Waals surface area contributed by atoms with Gasteiger partial charge in [0.15, 0.2) is 5.65 Å². The predicted molar refractivity (Wildman–Crippen MR) is 48.6 cm³/mol. The zero-order valence-corrected chi connectivity index (χ0v) is 7.57. The first-order valence-corrected chi connectivity index (χ1v) is 4.59. The Hall–Kier alpha value is -1.16. The summed E-state index contributed by atoms with van der Waals surface area (Å²) in [6.07, 6.45) is 3.96. The lowest BCUT2D eigenvalue weighted by atomic mass is 10.5. The molecule has 0 bridgehead atoms. The Bertz CT molecular complexity index is 460. The predicted octanol–water partition coefficient (Wildman–Crippen LogP) is 1.81. The van der Waals surface area contributed by atoms with Crippen LogP contribution in [-0.4, -0.2) is 19.7 Å². The molecule has 0 saturated heterocycles. The lowest BCUT2D eigenvalue weighted by Gasteiger charge is -1.99. The number of imidazole rings is 1. The van der Waals surface area contributed by atoms with Crippen LogP contribution >= 0.6 is 11.6 Å². The maximum absolute atomic E-state index is 5.99. The second-order valence-electron chi connectivity index (χ2n) is 3.22. The molecule has 0 N–H and O–H groups in total. The maximum Gasteiger partial charge on any atom is 0.205 e. The van der Waals surface area contributed by atoms with Crippen LogP contribution in [0.2, 0.25) is 5.28 Å². The van der Waals surface area contributed by atoms with Crippen molar-refractivity contribution in [2.75, 3.05) is 0 Å².